The van der Waals surface area contributed by atoms with Gasteiger partial charge in [0, 0.05) is 25.2 Å². The average Bonchev–Trinajstić information content (AvgIpc) is 2.75. The van der Waals surface area contributed by atoms with Gasteiger partial charge in [-0.15, -0.1) is 0 Å². The molecule has 1 aromatic heterocycles. The van der Waals surface area contributed by atoms with Crippen LogP contribution in [0.5, 0.6) is 0 Å². The lowest BCUT2D eigenvalue weighted by molar-refractivity contribution is -0.116. The maximum atomic E-state index is 12.5. The molecule has 1 fully saturated rings. The summed E-state index contributed by atoms with van der Waals surface area (Å²) in [5.41, 5.74) is 1.61. The number of halogens is 1. The molecular formula is C21H25ClN4O3. The number of nitrogens with one attached hydrogen (secondary N) is 2. The summed E-state index contributed by atoms with van der Waals surface area (Å²) in [6, 6.07) is 3.32. The molecule has 1 aliphatic heterocycles. The lowest BCUT2D eigenvalue weighted by Crippen LogP contribution is -2.37. The molecule has 1 unspecified atom stereocenters. The van der Waals surface area contributed by atoms with Gasteiger partial charge >= 0.3 is 0 Å². The lowest BCUT2D eigenvalue weighted by Gasteiger charge is -2.28. The maximum Gasteiger partial charge on any atom is 0.251 e. The topological polar surface area (TPSA) is 83.6 Å². The highest BCUT2D eigenvalue weighted by Gasteiger charge is 2.16. The third kappa shape index (κ3) is 6.17. The summed E-state index contributed by atoms with van der Waals surface area (Å²) in [5.74, 6) is 0.327. The monoisotopic (exact) mass is 416 g/mol. The van der Waals surface area contributed by atoms with Gasteiger partial charge in [0.05, 0.1) is 19.3 Å². The first kappa shape index (κ1) is 21.1. The molecule has 1 aliphatic carbocycles. The number of hydrogen-bond donors (Lipinski definition) is 2. The molecule has 0 spiro atoms. The minimum atomic E-state index is -0.184. The van der Waals surface area contributed by atoms with Crippen molar-refractivity contribution in [3.05, 3.63) is 59.3 Å². The van der Waals surface area contributed by atoms with Crippen molar-refractivity contribution < 1.29 is 14.3 Å². The fraction of sp³-hybridized carbons (Fsp3) is 0.381. The van der Waals surface area contributed by atoms with Crippen LogP contribution in [0.4, 0.5) is 5.82 Å². The molecule has 2 N–H and O–H groups in total. The highest BCUT2D eigenvalue weighted by atomic mass is 35.5. The number of carbonyl (C=O) groups excluding carboxylic acids is 2. The molecular weight excluding hydrogens is 392 g/mol. The molecule has 2 aliphatic rings. The van der Waals surface area contributed by atoms with Crippen molar-refractivity contribution >= 4 is 29.2 Å². The molecule has 29 heavy (non-hydrogen) atoms. The van der Waals surface area contributed by atoms with Crippen LogP contribution in [0.15, 0.2) is 48.6 Å². The number of ether oxygens (including phenoxy) is 1. The van der Waals surface area contributed by atoms with Gasteiger partial charge in [-0.05, 0) is 31.1 Å². The van der Waals surface area contributed by atoms with Crippen molar-refractivity contribution in [3.8, 4) is 0 Å². The zero-order valence-corrected chi connectivity index (χ0v) is 17.0. The SMILES string of the molecule is C=CC(=O)NC1C=CC(CCNC(=O)c2cc(Cl)nc(N3CCOCC3)c2)=CC1. The zero-order chi connectivity index (χ0) is 20.6. The first-order valence-electron chi connectivity index (χ1n) is 9.64. The van der Waals surface area contributed by atoms with Crippen LogP contribution in [0.1, 0.15) is 23.2 Å². The minimum Gasteiger partial charge on any atom is -0.378 e. The smallest absolute Gasteiger partial charge is 0.251 e. The Balaban J connectivity index is 1.50. The summed E-state index contributed by atoms with van der Waals surface area (Å²) in [4.78, 5) is 30.3. The van der Waals surface area contributed by atoms with Crippen LogP contribution in [0.2, 0.25) is 5.15 Å². The third-order valence-corrected chi connectivity index (χ3v) is 4.96. The number of morpholine rings is 1. The van der Waals surface area contributed by atoms with Gasteiger partial charge in [-0.2, -0.15) is 0 Å². The summed E-state index contributed by atoms with van der Waals surface area (Å²) in [5, 5.41) is 6.06. The van der Waals surface area contributed by atoms with E-state index in [1.165, 1.54) is 6.08 Å². The van der Waals surface area contributed by atoms with Crippen molar-refractivity contribution in [2.24, 2.45) is 0 Å². The van der Waals surface area contributed by atoms with E-state index >= 15 is 0 Å². The number of hydrogen-bond acceptors (Lipinski definition) is 5. The van der Waals surface area contributed by atoms with Crippen molar-refractivity contribution in [3.63, 3.8) is 0 Å². The molecule has 7 nitrogen and oxygen atoms in total. The van der Waals surface area contributed by atoms with Crippen LogP contribution in [-0.2, 0) is 9.53 Å². The summed E-state index contributed by atoms with van der Waals surface area (Å²) in [6.45, 7) is 6.68. The summed E-state index contributed by atoms with van der Waals surface area (Å²) in [7, 11) is 0. The number of rotatable bonds is 7. The molecule has 154 valence electrons. The van der Waals surface area contributed by atoms with Gasteiger partial charge < -0.3 is 20.3 Å². The molecule has 1 atom stereocenters. The summed E-state index contributed by atoms with van der Waals surface area (Å²) in [6.07, 6.45) is 8.69. The van der Waals surface area contributed by atoms with Crippen LogP contribution < -0.4 is 15.5 Å². The highest BCUT2D eigenvalue weighted by Crippen LogP contribution is 2.19. The summed E-state index contributed by atoms with van der Waals surface area (Å²) < 4.78 is 5.35. The number of anilines is 1. The van der Waals surface area contributed by atoms with E-state index in [-0.39, 0.29) is 17.9 Å². The fourth-order valence-corrected chi connectivity index (χ4v) is 3.39. The van der Waals surface area contributed by atoms with Crippen molar-refractivity contribution in [1.29, 1.82) is 0 Å². The Hall–Kier alpha value is -2.64. The number of carbonyl (C=O) groups is 2. The zero-order valence-electron chi connectivity index (χ0n) is 16.2. The van der Waals surface area contributed by atoms with E-state index < -0.39 is 0 Å². The fourth-order valence-electron chi connectivity index (χ4n) is 3.19. The predicted molar refractivity (Wildman–Crippen MR) is 113 cm³/mol. The van der Waals surface area contributed by atoms with Gasteiger partial charge in [0.25, 0.3) is 5.91 Å². The van der Waals surface area contributed by atoms with E-state index in [0.29, 0.717) is 42.7 Å². The van der Waals surface area contributed by atoms with Gasteiger partial charge in [0.15, 0.2) is 0 Å². The van der Waals surface area contributed by atoms with E-state index in [1.54, 1.807) is 12.1 Å². The van der Waals surface area contributed by atoms with E-state index in [2.05, 4.69) is 33.2 Å². The van der Waals surface area contributed by atoms with Gasteiger partial charge in [-0.3, -0.25) is 9.59 Å². The van der Waals surface area contributed by atoms with Gasteiger partial charge in [-0.1, -0.05) is 42.0 Å². The molecule has 8 heteroatoms. The standard InChI is InChI=1S/C21H25ClN4O3/c1-2-20(27)24-17-5-3-15(4-6-17)7-8-23-21(28)16-13-18(22)25-19(14-16)26-9-11-29-12-10-26/h2-5,13-14,17H,1,6-12H2,(H,23,28)(H,24,27). The number of allylic oxidation sites excluding steroid dienone is 1. The van der Waals surface area contributed by atoms with Gasteiger partial charge in [0.2, 0.25) is 5.91 Å². The normalized spacial score (nSPS) is 18.7. The van der Waals surface area contributed by atoms with E-state index in [4.69, 9.17) is 16.3 Å². The lowest BCUT2D eigenvalue weighted by atomic mass is 10.0. The molecule has 0 bridgehead atoms. The number of amides is 2. The Morgan fingerprint density at radius 3 is 2.83 bits per heavy atom. The molecule has 0 radical (unpaired) electrons. The number of nitrogens with zero attached hydrogens (tertiary/aromatic N) is 2. The second-order valence-electron chi connectivity index (χ2n) is 6.84. The van der Waals surface area contributed by atoms with E-state index in [0.717, 1.165) is 25.1 Å². The average molecular weight is 417 g/mol. The van der Waals surface area contributed by atoms with E-state index in [9.17, 15) is 9.59 Å². The second-order valence-corrected chi connectivity index (χ2v) is 7.22. The molecule has 2 heterocycles. The molecule has 0 saturated carbocycles. The minimum absolute atomic E-state index is 0.0172. The molecule has 2 amide bonds. The molecule has 3 rings (SSSR count). The summed E-state index contributed by atoms with van der Waals surface area (Å²) >= 11 is 6.13. The first-order valence-corrected chi connectivity index (χ1v) is 10.0. The Kier molecular flexibility index (Phi) is 7.43. The van der Waals surface area contributed by atoms with Crippen LogP contribution in [0.3, 0.4) is 0 Å². The highest BCUT2D eigenvalue weighted by molar-refractivity contribution is 6.29. The van der Waals surface area contributed by atoms with Gasteiger partial charge in [0.1, 0.15) is 11.0 Å². The Morgan fingerprint density at radius 1 is 1.34 bits per heavy atom. The Morgan fingerprint density at radius 2 is 2.14 bits per heavy atom. The maximum absolute atomic E-state index is 12.5. The van der Waals surface area contributed by atoms with Crippen molar-refractivity contribution in [1.82, 2.24) is 15.6 Å². The largest absolute Gasteiger partial charge is 0.378 e. The van der Waals surface area contributed by atoms with Crippen molar-refractivity contribution in [2.75, 3.05) is 37.7 Å². The van der Waals surface area contributed by atoms with Crippen LogP contribution in [0, 0.1) is 0 Å². The van der Waals surface area contributed by atoms with Gasteiger partial charge in [-0.25, -0.2) is 4.98 Å². The molecule has 1 saturated heterocycles. The van der Waals surface area contributed by atoms with E-state index in [1.807, 2.05) is 12.2 Å². The quantitative estimate of drug-likeness (QED) is 0.526. The van der Waals surface area contributed by atoms with Crippen LogP contribution in [0.25, 0.3) is 0 Å². The van der Waals surface area contributed by atoms with Crippen LogP contribution in [-0.4, -0.2) is 55.7 Å². The number of aromatic nitrogens is 1. The molecule has 1 aromatic rings. The predicted octanol–water partition coefficient (Wildman–Crippen LogP) is 2.25. The Bertz CT molecular complexity index is 831. The second kappa shape index (κ2) is 10.2. The Labute approximate surface area is 175 Å². The third-order valence-electron chi connectivity index (χ3n) is 4.77. The molecule has 0 aromatic carbocycles. The van der Waals surface area contributed by atoms with Crippen LogP contribution >= 0.6 is 11.6 Å². The van der Waals surface area contributed by atoms with Crippen molar-refractivity contribution in [2.45, 2.75) is 18.9 Å². The number of pyridine rings is 1. The first-order chi connectivity index (χ1) is 14.0.